The van der Waals surface area contributed by atoms with Gasteiger partial charge in [0.1, 0.15) is 5.82 Å². The first-order chi connectivity index (χ1) is 9.90. The number of rotatable bonds is 4. The summed E-state index contributed by atoms with van der Waals surface area (Å²) < 4.78 is 37.0. The molecule has 0 saturated carbocycles. The third-order valence-electron chi connectivity index (χ3n) is 3.54. The standard InChI is InChI=1S/C12H18F3N5O/c1-2-20-5-3-4-8(7-20)10(21)16-6-9-17-11(19-18-9)12(13,14)15/h8H,2-7H2,1H3,(H,16,21)(H,17,18,19). The van der Waals surface area contributed by atoms with Gasteiger partial charge < -0.3 is 10.2 Å². The van der Waals surface area contributed by atoms with E-state index in [4.69, 9.17) is 0 Å². The highest BCUT2D eigenvalue weighted by atomic mass is 19.4. The molecule has 2 rings (SSSR count). The molecule has 0 aliphatic carbocycles. The molecule has 1 unspecified atom stereocenters. The predicted octanol–water partition coefficient (Wildman–Crippen LogP) is 1.17. The van der Waals surface area contributed by atoms with Crippen LogP contribution in [0.1, 0.15) is 31.4 Å². The Kier molecular flexibility index (Phi) is 4.81. The van der Waals surface area contributed by atoms with Crippen LogP contribution < -0.4 is 5.32 Å². The van der Waals surface area contributed by atoms with Crippen molar-refractivity contribution in [1.82, 2.24) is 25.4 Å². The molecule has 1 aliphatic heterocycles. The van der Waals surface area contributed by atoms with Crippen molar-refractivity contribution in [3.05, 3.63) is 11.6 Å². The maximum Gasteiger partial charge on any atom is 0.453 e. The fourth-order valence-corrected chi connectivity index (χ4v) is 2.37. The lowest BCUT2D eigenvalue weighted by molar-refractivity contribution is -0.144. The van der Waals surface area contributed by atoms with Gasteiger partial charge in [-0.05, 0) is 25.9 Å². The zero-order valence-corrected chi connectivity index (χ0v) is 11.7. The molecule has 6 nitrogen and oxygen atoms in total. The third kappa shape index (κ3) is 4.16. The van der Waals surface area contributed by atoms with E-state index < -0.39 is 12.0 Å². The average molecular weight is 305 g/mol. The number of piperidine rings is 1. The topological polar surface area (TPSA) is 73.9 Å². The molecule has 0 spiro atoms. The first-order valence-corrected chi connectivity index (χ1v) is 6.88. The Labute approximate surface area is 120 Å². The van der Waals surface area contributed by atoms with Crippen LogP contribution >= 0.6 is 0 Å². The first-order valence-electron chi connectivity index (χ1n) is 6.88. The molecule has 1 fully saturated rings. The second kappa shape index (κ2) is 6.42. The van der Waals surface area contributed by atoms with Gasteiger partial charge in [-0.1, -0.05) is 6.92 Å². The smallest absolute Gasteiger partial charge is 0.349 e. The highest BCUT2D eigenvalue weighted by Gasteiger charge is 2.36. The van der Waals surface area contributed by atoms with Crippen molar-refractivity contribution in [2.24, 2.45) is 5.92 Å². The van der Waals surface area contributed by atoms with Gasteiger partial charge in [-0.3, -0.25) is 9.89 Å². The van der Waals surface area contributed by atoms with Crippen molar-refractivity contribution >= 4 is 5.91 Å². The summed E-state index contributed by atoms with van der Waals surface area (Å²) in [5.41, 5.74) is 0. The van der Waals surface area contributed by atoms with Gasteiger partial charge in [-0.15, -0.1) is 5.10 Å². The van der Waals surface area contributed by atoms with Gasteiger partial charge in [-0.25, -0.2) is 4.98 Å². The predicted molar refractivity (Wildman–Crippen MR) is 68.1 cm³/mol. The van der Waals surface area contributed by atoms with Gasteiger partial charge in [0, 0.05) is 6.54 Å². The van der Waals surface area contributed by atoms with E-state index in [9.17, 15) is 18.0 Å². The van der Waals surface area contributed by atoms with E-state index in [1.807, 2.05) is 6.92 Å². The van der Waals surface area contributed by atoms with Gasteiger partial charge in [0.05, 0.1) is 12.5 Å². The molecule has 0 radical (unpaired) electrons. The Hall–Kier alpha value is -1.64. The molecule has 9 heteroatoms. The van der Waals surface area contributed by atoms with Crippen molar-refractivity contribution in [2.75, 3.05) is 19.6 Å². The Morgan fingerprint density at radius 2 is 2.29 bits per heavy atom. The minimum absolute atomic E-state index is 0.00108. The molecule has 0 bridgehead atoms. The molecule has 1 aromatic heterocycles. The number of carbonyl (C=O) groups is 1. The molecule has 2 heterocycles. The lowest BCUT2D eigenvalue weighted by Crippen LogP contribution is -2.42. The number of aromatic amines is 1. The summed E-state index contributed by atoms with van der Waals surface area (Å²) in [4.78, 5) is 17.5. The molecular formula is C12H18F3N5O. The van der Waals surface area contributed by atoms with E-state index in [-0.39, 0.29) is 24.2 Å². The van der Waals surface area contributed by atoms with Crippen LogP contribution in [0, 0.1) is 5.92 Å². The van der Waals surface area contributed by atoms with Crippen molar-refractivity contribution < 1.29 is 18.0 Å². The van der Waals surface area contributed by atoms with Crippen LogP contribution in [-0.2, 0) is 17.5 Å². The Bertz CT molecular complexity index is 487. The molecular weight excluding hydrogens is 287 g/mol. The van der Waals surface area contributed by atoms with Gasteiger partial charge in [0.15, 0.2) is 0 Å². The third-order valence-corrected chi connectivity index (χ3v) is 3.54. The molecule has 21 heavy (non-hydrogen) atoms. The lowest BCUT2D eigenvalue weighted by Gasteiger charge is -2.30. The van der Waals surface area contributed by atoms with Crippen molar-refractivity contribution in [1.29, 1.82) is 0 Å². The van der Waals surface area contributed by atoms with E-state index in [0.29, 0.717) is 6.54 Å². The summed E-state index contributed by atoms with van der Waals surface area (Å²) in [6, 6.07) is 0. The summed E-state index contributed by atoms with van der Waals surface area (Å²) in [6.07, 6.45) is -2.83. The summed E-state index contributed by atoms with van der Waals surface area (Å²) in [6.45, 7) is 4.52. The van der Waals surface area contributed by atoms with Crippen molar-refractivity contribution in [3.63, 3.8) is 0 Å². The molecule has 1 amide bonds. The molecule has 0 aromatic carbocycles. The number of alkyl halides is 3. The maximum atomic E-state index is 12.3. The normalized spacial score (nSPS) is 20.5. The molecule has 118 valence electrons. The van der Waals surface area contributed by atoms with E-state index in [1.54, 1.807) is 0 Å². The number of hydrogen-bond acceptors (Lipinski definition) is 4. The zero-order valence-electron chi connectivity index (χ0n) is 11.7. The minimum Gasteiger partial charge on any atom is -0.349 e. The van der Waals surface area contributed by atoms with Gasteiger partial charge in [0.2, 0.25) is 5.91 Å². The van der Waals surface area contributed by atoms with E-state index in [1.165, 1.54) is 0 Å². The number of nitrogens with zero attached hydrogens (tertiary/aromatic N) is 3. The van der Waals surface area contributed by atoms with Crippen LogP contribution in [0.3, 0.4) is 0 Å². The lowest BCUT2D eigenvalue weighted by atomic mass is 9.97. The number of amides is 1. The number of halogens is 3. The summed E-state index contributed by atoms with van der Waals surface area (Å²) in [5, 5.41) is 7.88. The quantitative estimate of drug-likeness (QED) is 0.876. The number of likely N-dealkylation sites (tertiary alicyclic amines) is 1. The van der Waals surface area contributed by atoms with Gasteiger partial charge in [-0.2, -0.15) is 13.2 Å². The highest BCUT2D eigenvalue weighted by Crippen LogP contribution is 2.25. The summed E-state index contributed by atoms with van der Waals surface area (Å²) in [7, 11) is 0. The number of H-pyrrole nitrogens is 1. The SMILES string of the molecule is CCN1CCCC(C(=O)NCc2nc(C(F)(F)F)n[nH]2)C1. The fraction of sp³-hybridized carbons (Fsp3) is 0.750. The van der Waals surface area contributed by atoms with Crippen molar-refractivity contribution in [2.45, 2.75) is 32.5 Å². The first kappa shape index (κ1) is 15.7. The zero-order chi connectivity index (χ0) is 15.5. The molecule has 2 N–H and O–H groups in total. The highest BCUT2D eigenvalue weighted by molar-refractivity contribution is 5.78. The molecule has 1 aromatic rings. The molecule has 1 atom stereocenters. The van der Waals surface area contributed by atoms with E-state index in [2.05, 4.69) is 25.4 Å². The van der Waals surface area contributed by atoms with Crippen LogP contribution in [0.5, 0.6) is 0 Å². The Morgan fingerprint density at radius 1 is 1.52 bits per heavy atom. The van der Waals surface area contributed by atoms with E-state index in [0.717, 1.165) is 25.9 Å². The monoisotopic (exact) mass is 305 g/mol. The second-order valence-electron chi connectivity index (χ2n) is 5.05. The summed E-state index contributed by atoms with van der Waals surface area (Å²) >= 11 is 0. The van der Waals surface area contributed by atoms with Crippen LogP contribution in [-0.4, -0.2) is 45.6 Å². The number of aromatic nitrogens is 3. The number of carbonyl (C=O) groups excluding carboxylic acids is 1. The Morgan fingerprint density at radius 3 is 2.90 bits per heavy atom. The van der Waals surface area contributed by atoms with Crippen LogP contribution in [0.25, 0.3) is 0 Å². The molecule has 1 saturated heterocycles. The van der Waals surface area contributed by atoms with Crippen LogP contribution in [0.4, 0.5) is 13.2 Å². The van der Waals surface area contributed by atoms with Gasteiger partial charge >= 0.3 is 6.18 Å². The second-order valence-corrected chi connectivity index (χ2v) is 5.05. The van der Waals surface area contributed by atoms with E-state index >= 15 is 0 Å². The average Bonchev–Trinajstić information content (AvgIpc) is 2.94. The number of hydrogen-bond donors (Lipinski definition) is 2. The largest absolute Gasteiger partial charge is 0.453 e. The fourth-order valence-electron chi connectivity index (χ4n) is 2.37. The van der Waals surface area contributed by atoms with Gasteiger partial charge in [0.25, 0.3) is 5.82 Å². The number of nitrogens with one attached hydrogen (secondary N) is 2. The van der Waals surface area contributed by atoms with Crippen molar-refractivity contribution in [3.8, 4) is 0 Å². The Balaban J connectivity index is 1.85. The maximum absolute atomic E-state index is 12.3. The minimum atomic E-state index is -4.58. The van der Waals surface area contributed by atoms with Crippen LogP contribution in [0.2, 0.25) is 0 Å². The van der Waals surface area contributed by atoms with Crippen LogP contribution in [0.15, 0.2) is 0 Å². The summed E-state index contributed by atoms with van der Waals surface area (Å²) in [5.74, 6) is -1.50. The molecule has 1 aliphatic rings.